The summed E-state index contributed by atoms with van der Waals surface area (Å²) in [6.45, 7) is 1.98. The number of benzene rings is 2. The van der Waals surface area contributed by atoms with Gasteiger partial charge in [0, 0.05) is 11.9 Å². The van der Waals surface area contributed by atoms with E-state index in [1.165, 1.54) is 30.5 Å². The lowest BCUT2D eigenvalue weighted by Crippen LogP contribution is -2.16. The van der Waals surface area contributed by atoms with Gasteiger partial charge in [-0.25, -0.2) is 4.98 Å². The van der Waals surface area contributed by atoms with Crippen LogP contribution in [0, 0.1) is 6.92 Å². The molecular formula is C20H16F3N3O. The first kappa shape index (κ1) is 18.4. The monoisotopic (exact) mass is 371 g/mol. The Bertz CT molecular complexity index is 936. The van der Waals surface area contributed by atoms with Crippen LogP contribution in [-0.2, 0) is 6.18 Å². The molecule has 0 fully saturated rings. The lowest BCUT2D eigenvalue weighted by atomic mass is 10.1. The zero-order valence-electron chi connectivity index (χ0n) is 14.3. The molecule has 138 valence electrons. The summed E-state index contributed by atoms with van der Waals surface area (Å²) in [7, 11) is 0. The summed E-state index contributed by atoms with van der Waals surface area (Å²) >= 11 is 0. The second-order valence-electron chi connectivity index (χ2n) is 5.92. The second kappa shape index (κ2) is 7.49. The van der Waals surface area contributed by atoms with Crippen molar-refractivity contribution in [3.8, 4) is 0 Å². The molecule has 1 amide bonds. The number of carbonyl (C=O) groups excluding carboxylic acids is 1. The van der Waals surface area contributed by atoms with Gasteiger partial charge in [0.1, 0.15) is 5.82 Å². The molecule has 0 aliphatic rings. The van der Waals surface area contributed by atoms with Crippen molar-refractivity contribution in [1.82, 2.24) is 4.98 Å². The molecule has 3 aromatic rings. The molecule has 4 nitrogen and oxygen atoms in total. The number of nitrogens with one attached hydrogen (secondary N) is 2. The Morgan fingerprint density at radius 1 is 0.963 bits per heavy atom. The Morgan fingerprint density at radius 2 is 1.67 bits per heavy atom. The van der Waals surface area contributed by atoms with E-state index >= 15 is 0 Å². The lowest BCUT2D eigenvalue weighted by Gasteiger charge is -2.13. The molecule has 0 aliphatic heterocycles. The maximum atomic E-state index is 13.0. The summed E-state index contributed by atoms with van der Waals surface area (Å²) in [6.07, 6.45) is -3.24. The second-order valence-corrected chi connectivity index (χ2v) is 5.92. The molecule has 2 aromatic carbocycles. The van der Waals surface area contributed by atoms with Gasteiger partial charge in [0.05, 0.1) is 16.8 Å². The number of hydrogen-bond acceptors (Lipinski definition) is 3. The molecule has 0 saturated heterocycles. The van der Waals surface area contributed by atoms with E-state index < -0.39 is 17.6 Å². The Labute approximate surface area is 154 Å². The summed E-state index contributed by atoms with van der Waals surface area (Å²) in [4.78, 5) is 16.4. The van der Waals surface area contributed by atoms with Crippen molar-refractivity contribution >= 4 is 23.1 Å². The number of anilines is 3. The normalized spacial score (nSPS) is 11.1. The van der Waals surface area contributed by atoms with Crippen molar-refractivity contribution in [2.45, 2.75) is 13.1 Å². The fourth-order valence-corrected chi connectivity index (χ4v) is 2.42. The predicted octanol–water partition coefficient (Wildman–Crippen LogP) is 5.40. The van der Waals surface area contributed by atoms with Crippen molar-refractivity contribution in [2.75, 3.05) is 10.6 Å². The van der Waals surface area contributed by atoms with Crippen molar-refractivity contribution in [2.24, 2.45) is 0 Å². The fraction of sp³-hybridized carbons (Fsp3) is 0.100. The van der Waals surface area contributed by atoms with Crippen molar-refractivity contribution in [3.05, 3.63) is 83.6 Å². The third-order valence-corrected chi connectivity index (χ3v) is 3.83. The van der Waals surface area contributed by atoms with Crippen LogP contribution in [0.25, 0.3) is 0 Å². The van der Waals surface area contributed by atoms with E-state index in [1.54, 1.807) is 6.07 Å². The highest BCUT2D eigenvalue weighted by Gasteiger charge is 2.33. The summed E-state index contributed by atoms with van der Waals surface area (Å²) in [5.41, 5.74) is 0.923. The van der Waals surface area contributed by atoms with Crippen LogP contribution in [0.15, 0.2) is 66.9 Å². The van der Waals surface area contributed by atoms with Gasteiger partial charge in [-0.3, -0.25) is 4.79 Å². The molecule has 1 aromatic heterocycles. The molecule has 0 aliphatic carbocycles. The summed E-state index contributed by atoms with van der Waals surface area (Å²) < 4.78 is 39.0. The van der Waals surface area contributed by atoms with Gasteiger partial charge in [-0.2, -0.15) is 13.2 Å². The van der Waals surface area contributed by atoms with Gasteiger partial charge in [-0.15, -0.1) is 0 Å². The SMILES string of the molecule is Cc1ccc(Nc2ccc(C(=O)Nc3ccccc3C(F)(F)F)cn2)cc1. The molecule has 0 radical (unpaired) electrons. The van der Waals surface area contributed by atoms with Gasteiger partial charge in [0.2, 0.25) is 0 Å². The lowest BCUT2D eigenvalue weighted by molar-refractivity contribution is -0.136. The highest BCUT2D eigenvalue weighted by atomic mass is 19.4. The van der Waals surface area contributed by atoms with E-state index in [4.69, 9.17) is 0 Å². The zero-order chi connectivity index (χ0) is 19.4. The maximum absolute atomic E-state index is 13.0. The molecule has 0 bridgehead atoms. The minimum absolute atomic E-state index is 0.154. The van der Waals surface area contributed by atoms with Gasteiger partial charge < -0.3 is 10.6 Å². The predicted molar refractivity (Wildman–Crippen MR) is 98.1 cm³/mol. The minimum Gasteiger partial charge on any atom is -0.340 e. The number of hydrogen-bond donors (Lipinski definition) is 2. The van der Waals surface area contributed by atoms with Crippen LogP contribution < -0.4 is 10.6 Å². The van der Waals surface area contributed by atoms with E-state index in [9.17, 15) is 18.0 Å². The van der Waals surface area contributed by atoms with E-state index in [-0.39, 0.29) is 11.3 Å². The van der Waals surface area contributed by atoms with Gasteiger partial charge in [0.25, 0.3) is 5.91 Å². The van der Waals surface area contributed by atoms with Crippen LogP contribution in [0.2, 0.25) is 0 Å². The number of amides is 1. The van der Waals surface area contributed by atoms with Gasteiger partial charge in [-0.1, -0.05) is 29.8 Å². The number of aryl methyl sites for hydroxylation is 1. The van der Waals surface area contributed by atoms with Crippen LogP contribution >= 0.6 is 0 Å². The molecule has 2 N–H and O–H groups in total. The molecule has 0 unspecified atom stereocenters. The molecule has 0 spiro atoms. The Morgan fingerprint density at radius 3 is 2.30 bits per heavy atom. The number of halogens is 3. The maximum Gasteiger partial charge on any atom is 0.418 e. The number of carbonyl (C=O) groups is 1. The number of alkyl halides is 3. The Kier molecular flexibility index (Phi) is 5.12. The fourth-order valence-electron chi connectivity index (χ4n) is 2.42. The molecule has 7 heteroatoms. The van der Waals surface area contributed by atoms with Crippen LogP contribution in [0.1, 0.15) is 21.5 Å². The number of rotatable bonds is 4. The van der Waals surface area contributed by atoms with Crippen LogP contribution in [0.5, 0.6) is 0 Å². The average molecular weight is 371 g/mol. The summed E-state index contributed by atoms with van der Waals surface area (Å²) in [5, 5.41) is 5.37. The number of nitrogens with zero attached hydrogens (tertiary/aromatic N) is 1. The Balaban J connectivity index is 1.72. The van der Waals surface area contributed by atoms with E-state index in [0.29, 0.717) is 5.82 Å². The molecule has 0 saturated carbocycles. The molecule has 27 heavy (non-hydrogen) atoms. The zero-order valence-corrected chi connectivity index (χ0v) is 14.3. The quantitative estimate of drug-likeness (QED) is 0.645. The molecule has 0 atom stereocenters. The first-order valence-corrected chi connectivity index (χ1v) is 8.10. The highest BCUT2D eigenvalue weighted by molar-refractivity contribution is 6.04. The van der Waals surface area contributed by atoms with Crippen molar-refractivity contribution < 1.29 is 18.0 Å². The smallest absolute Gasteiger partial charge is 0.340 e. The Hall–Kier alpha value is -3.35. The minimum atomic E-state index is -4.55. The van der Waals surface area contributed by atoms with Gasteiger partial charge in [0.15, 0.2) is 0 Å². The average Bonchev–Trinajstić information content (AvgIpc) is 2.64. The first-order valence-electron chi connectivity index (χ1n) is 8.10. The van der Waals surface area contributed by atoms with Gasteiger partial charge >= 0.3 is 6.18 Å². The van der Waals surface area contributed by atoms with Gasteiger partial charge in [-0.05, 0) is 43.3 Å². The third-order valence-electron chi connectivity index (χ3n) is 3.83. The van der Waals surface area contributed by atoms with Crippen LogP contribution in [-0.4, -0.2) is 10.9 Å². The molecule has 1 heterocycles. The van der Waals surface area contributed by atoms with E-state index in [1.807, 2.05) is 31.2 Å². The highest BCUT2D eigenvalue weighted by Crippen LogP contribution is 2.34. The van der Waals surface area contributed by atoms with E-state index in [0.717, 1.165) is 17.3 Å². The first-order chi connectivity index (χ1) is 12.8. The topological polar surface area (TPSA) is 54.0 Å². The summed E-state index contributed by atoms with van der Waals surface area (Å²) in [6, 6.07) is 15.6. The largest absolute Gasteiger partial charge is 0.418 e. The molecular weight excluding hydrogens is 355 g/mol. The third kappa shape index (κ3) is 4.63. The number of aromatic nitrogens is 1. The number of para-hydroxylation sites is 1. The summed E-state index contributed by atoms with van der Waals surface area (Å²) in [5.74, 6) is -0.146. The van der Waals surface area contributed by atoms with E-state index in [2.05, 4.69) is 15.6 Å². The number of pyridine rings is 1. The van der Waals surface area contributed by atoms with Crippen LogP contribution in [0.3, 0.4) is 0 Å². The molecule has 3 rings (SSSR count). The standard InChI is InChI=1S/C20H16F3N3O/c1-13-6-9-15(10-7-13)25-18-11-8-14(12-24-18)19(27)26-17-5-3-2-4-16(17)20(21,22)23/h2-12H,1H3,(H,24,25)(H,26,27). The van der Waals surface area contributed by atoms with Crippen molar-refractivity contribution in [3.63, 3.8) is 0 Å². The van der Waals surface area contributed by atoms with Crippen LogP contribution in [0.4, 0.5) is 30.4 Å². The van der Waals surface area contributed by atoms with Crippen molar-refractivity contribution in [1.29, 1.82) is 0 Å².